The Labute approximate surface area is 143 Å². The number of aryl methyl sites for hydroxylation is 1. The van der Waals surface area contributed by atoms with E-state index in [1.54, 1.807) is 38.3 Å². The maximum Gasteiger partial charge on any atom is 0.288 e. The molecule has 0 heterocycles. The molecule has 0 spiro atoms. The van der Waals surface area contributed by atoms with Crippen LogP contribution in [0, 0.1) is 17.0 Å². The molecule has 0 atom stereocenters. The van der Waals surface area contributed by atoms with Gasteiger partial charge in [0.15, 0.2) is 6.61 Å². The number of nitro groups is 1. The molecule has 0 bridgehead atoms. The first-order valence-corrected chi connectivity index (χ1v) is 7.29. The van der Waals surface area contributed by atoms with E-state index in [1.807, 2.05) is 0 Å². The second kappa shape index (κ2) is 7.65. The molecule has 0 fully saturated rings. The van der Waals surface area contributed by atoms with Crippen molar-refractivity contribution < 1.29 is 19.2 Å². The summed E-state index contributed by atoms with van der Waals surface area (Å²) in [6.07, 6.45) is 0. The van der Waals surface area contributed by atoms with E-state index in [1.165, 1.54) is 12.1 Å². The van der Waals surface area contributed by atoms with Crippen molar-refractivity contribution in [2.24, 2.45) is 0 Å². The first-order valence-electron chi connectivity index (χ1n) is 6.92. The number of halogens is 1. The summed E-state index contributed by atoms with van der Waals surface area (Å²) >= 11 is 5.85. The molecule has 0 saturated heterocycles. The van der Waals surface area contributed by atoms with Crippen LogP contribution >= 0.6 is 11.6 Å². The molecule has 7 nitrogen and oxygen atoms in total. The Bertz CT molecular complexity index is 762. The summed E-state index contributed by atoms with van der Waals surface area (Å²) in [6.45, 7) is 1.43. The van der Waals surface area contributed by atoms with Gasteiger partial charge in [0.1, 0.15) is 16.5 Å². The summed E-state index contributed by atoms with van der Waals surface area (Å²) in [4.78, 5) is 22.2. The molecule has 0 radical (unpaired) electrons. The molecular formula is C16H15ClN2O5. The van der Waals surface area contributed by atoms with Crippen LogP contribution in [-0.2, 0) is 4.79 Å². The van der Waals surface area contributed by atoms with Gasteiger partial charge in [-0.15, -0.1) is 0 Å². The molecule has 0 aromatic heterocycles. The van der Waals surface area contributed by atoms with E-state index in [-0.39, 0.29) is 17.3 Å². The number of benzene rings is 2. The number of carbonyl (C=O) groups excluding carboxylic acids is 1. The van der Waals surface area contributed by atoms with Gasteiger partial charge < -0.3 is 14.8 Å². The number of nitro benzene ring substituents is 1. The lowest BCUT2D eigenvalue weighted by Crippen LogP contribution is -2.20. The molecule has 2 aromatic carbocycles. The molecule has 1 amide bonds. The van der Waals surface area contributed by atoms with Crippen molar-refractivity contribution in [2.75, 3.05) is 19.0 Å². The van der Waals surface area contributed by atoms with Gasteiger partial charge in [0.25, 0.3) is 11.6 Å². The highest BCUT2D eigenvalue weighted by atomic mass is 35.5. The van der Waals surface area contributed by atoms with Gasteiger partial charge >= 0.3 is 0 Å². The number of nitrogens with one attached hydrogen (secondary N) is 1. The standard InChI is InChI=1S/C16H15ClN2O5/c1-10-7-15(19(21)22)13(17)8-14(10)18-16(20)9-24-12-5-3-11(23-2)4-6-12/h3-8H,9H2,1-2H3,(H,18,20). The van der Waals surface area contributed by atoms with Crippen LogP contribution in [0.1, 0.15) is 5.56 Å². The molecule has 0 saturated carbocycles. The Hall–Kier alpha value is -2.80. The molecule has 2 aromatic rings. The summed E-state index contributed by atoms with van der Waals surface area (Å²) in [5.41, 5.74) is 0.722. The summed E-state index contributed by atoms with van der Waals surface area (Å²) in [6, 6.07) is 9.45. The number of rotatable bonds is 6. The Morgan fingerprint density at radius 1 is 1.25 bits per heavy atom. The third kappa shape index (κ3) is 4.36. The number of carbonyl (C=O) groups is 1. The maximum absolute atomic E-state index is 12.0. The second-order valence-corrected chi connectivity index (χ2v) is 5.30. The molecular weight excluding hydrogens is 336 g/mol. The van der Waals surface area contributed by atoms with E-state index in [4.69, 9.17) is 21.1 Å². The minimum absolute atomic E-state index is 0.0445. The number of nitrogens with zero attached hydrogens (tertiary/aromatic N) is 1. The van der Waals surface area contributed by atoms with Crippen LogP contribution in [-0.4, -0.2) is 24.5 Å². The van der Waals surface area contributed by atoms with Crippen molar-refractivity contribution in [2.45, 2.75) is 6.92 Å². The molecule has 1 N–H and O–H groups in total. The molecule has 0 aliphatic heterocycles. The SMILES string of the molecule is COc1ccc(OCC(=O)Nc2cc(Cl)c([N+](=O)[O-])cc2C)cc1. The van der Waals surface area contributed by atoms with Gasteiger partial charge in [-0.3, -0.25) is 14.9 Å². The Kier molecular flexibility index (Phi) is 5.59. The monoisotopic (exact) mass is 350 g/mol. The minimum Gasteiger partial charge on any atom is -0.497 e. The van der Waals surface area contributed by atoms with Gasteiger partial charge in [-0.05, 0) is 42.8 Å². The van der Waals surface area contributed by atoms with E-state index in [0.29, 0.717) is 22.7 Å². The van der Waals surface area contributed by atoms with E-state index in [2.05, 4.69) is 5.32 Å². The summed E-state index contributed by atoms with van der Waals surface area (Å²) in [5, 5.41) is 13.4. The minimum atomic E-state index is -0.576. The number of amides is 1. The van der Waals surface area contributed by atoms with Crippen LogP contribution in [0.15, 0.2) is 36.4 Å². The van der Waals surface area contributed by atoms with Gasteiger partial charge in [0.2, 0.25) is 0 Å². The smallest absolute Gasteiger partial charge is 0.288 e. The molecule has 8 heteroatoms. The predicted octanol–water partition coefficient (Wildman–Crippen LogP) is 3.58. The number of anilines is 1. The fourth-order valence-corrected chi connectivity index (χ4v) is 2.18. The summed E-state index contributed by atoms with van der Waals surface area (Å²) in [5.74, 6) is 0.797. The molecule has 24 heavy (non-hydrogen) atoms. The van der Waals surface area contributed by atoms with Crippen LogP contribution in [0.5, 0.6) is 11.5 Å². The van der Waals surface area contributed by atoms with Crippen LogP contribution < -0.4 is 14.8 Å². The van der Waals surface area contributed by atoms with Gasteiger partial charge in [0, 0.05) is 11.8 Å². The van der Waals surface area contributed by atoms with Crippen molar-refractivity contribution >= 4 is 28.9 Å². The Balaban J connectivity index is 1.99. The van der Waals surface area contributed by atoms with Gasteiger partial charge in [-0.2, -0.15) is 0 Å². The maximum atomic E-state index is 12.0. The van der Waals surface area contributed by atoms with E-state index < -0.39 is 10.8 Å². The quantitative estimate of drug-likeness (QED) is 0.635. The van der Waals surface area contributed by atoms with E-state index >= 15 is 0 Å². The topological polar surface area (TPSA) is 90.7 Å². The lowest BCUT2D eigenvalue weighted by molar-refractivity contribution is -0.384. The van der Waals surface area contributed by atoms with Crippen molar-refractivity contribution in [3.05, 3.63) is 57.1 Å². The first-order chi connectivity index (χ1) is 11.4. The van der Waals surface area contributed by atoms with Crippen LogP contribution in [0.3, 0.4) is 0 Å². The predicted molar refractivity (Wildman–Crippen MR) is 90.0 cm³/mol. The fraction of sp³-hybridized carbons (Fsp3) is 0.188. The lowest BCUT2D eigenvalue weighted by atomic mass is 10.2. The average molecular weight is 351 g/mol. The summed E-state index contributed by atoms with van der Waals surface area (Å²) < 4.78 is 10.4. The third-order valence-electron chi connectivity index (χ3n) is 3.19. The zero-order chi connectivity index (χ0) is 17.7. The first kappa shape index (κ1) is 17.6. The van der Waals surface area contributed by atoms with Crippen LogP contribution in [0.2, 0.25) is 5.02 Å². The van der Waals surface area contributed by atoms with Gasteiger partial charge in [-0.25, -0.2) is 0 Å². The number of hydrogen-bond acceptors (Lipinski definition) is 5. The van der Waals surface area contributed by atoms with Crippen LogP contribution in [0.25, 0.3) is 0 Å². The van der Waals surface area contributed by atoms with Gasteiger partial charge in [-0.1, -0.05) is 11.6 Å². The third-order valence-corrected chi connectivity index (χ3v) is 3.50. The molecule has 0 unspecified atom stereocenters. The molecule has 2 rings (SSSR count). The Morgan fingerprint density at radius 3 is 2.46 bits per heavy atom. The van der Waals surface area contributed by atoms with E-state index in [9.17, 15) is 14.9 Å². The average Bonchev–Trinajstić information content (AvgIpc) is 2.56. The molecule has 126 valence electrons. The van der Waals surface area contributed by atoms with Crippen molar-refractivity contribution in [3.8, 4) is 11.5 Å². The number of ether oxygens (including phenoxy) is 2. The molecule has 0 aliphatic rings. The lowest BCUT2D eigenvalue weighted by Gasteiger charge is -2.10. The highest BCUT2D eigenvalue weighted by Crippen LogP contribution is 2.30. The molecule has 0 aliphatic carbocycles. The van der Waals surface area contributed by atoms with Crippen molar-refractivity contribution in [1.82, 2.24) is 0 Å². The second-order valence-electron chi connectivity index (χ2n) is 4.89. The Morgan fingerprint density at radius 2 is 1.88 bits per heavy atom. The highest BCUT2D eigenvalue weighted by Gasteiger charge is 2.16. The zero-order valence-electron chi connectivity index (χ0n) is 13.0. The van der Waals surface area contributed by atoms with E-state index in [0.717, 1.165) is 0 Å². The van der Waals surface area contributed by atoms with Crippen molar-refractivity contribution in [3.63, 3.8) is 0 Å². The summed E-state index contributed by atoms with van der Waals surface area (Å²) in [7, 11) is 1.56. The number of methoxy groups -OCH3 is 1. The highest BCUT2D eigenvalue weighted by molar-refractivity contribution is 6.33. The number of hydrogen-bond donors (Lipinski definition) is 1. The zero-order valence-corrected chi connectivity index (χ0v) is 13.8. The van der Waals surface area contributed by atoms with Gasteiger partial charge in [0.05, 0.1) is 12.0 Å². The fourth-order valence-electron chi connectivity index (χ4n) is 1.95. The largest absolute Gasteiger partial charge is 0.497 e. The normalized spacial score (nSPS) is 10.1. The van der Waals surface area contributed by atoms with Crippen LogP contribution in [0.4, 0.5) is 11.4 Å². The van der Waals surface area contributed by atoms with Crippen molar-refractivity contribution in [1.29, 1.82) is 0 Å².